The molecule has 4 rings (SSSR count). The number of halogens is 4. The highest BCUT2D eigenvalue weighted by Gasteiger charge is 2.54. The van der Waals surface area contributed by atoms with E-state index in [0.29, 0.717) is 12.8 Å². The molecule has 1 saturated carbocycles. The van der Waals surface area contributed by atoms with Crippen LogP contribution in [0, 0.1) is 22.0 Å². The number of amides is 3. The summed E-state index contributed by atoms with van der Waals surface area (Å²) >= 11 is 19.2. The van der Waals surface area contributed by atoms with E-state index >= 15 is 0 Å². The highest BCUT2D eigenvalue weighted by atomic mass is 79.9. The predicted octanol–water partition coefficient (Wildman–Crippen LogP) is 5.06. The number of nitrogens with zero attached hydrogens (tertiary/aromatic N) is 3. The van der Waals surface area contributed by atoms with Crippen molar-refractivity contribution in [3.63, 3.8) is 0 Å². The standard InChI is InChI=1S/C23H17Br2Cl2N3O6/c24-17-8-15-16(9-18(17)25)23(34)29(22(15)33)28(21(32)14-5-4-12(26)7-19(14)27)10-20(31)11-2-1-3-13(6-11)30(35)36/h1-7,15-18H,8-10H2/t15-,16-,17-,18+/m1/s1. The molecule has 0 aromatic heterocycles. The summed E-state index contributed by atoms with van der Waals surface area (Å²) in [6.45, 7) is -0.717. The summed E-state index contributed by atoms with van der Waals surface area (Å²) in [6.07, 6.45) is 0.731. The van der Waals surface area contributed by atoms with E-state index in [-0.39, 0.29) is 36.5 Å². The molecule has 13 heteroatoms. The van der Waals surface area contributed by atoms with Crippen LogP contribution in [0.1, 0.15) is 33.6 Å². The second-order valence-corrected chi connectivity index (χ2v) is 11.6. The van der Waals surface area contributed by atoms with Gasteiger partial charge in [0.05, 0.1) is 27.3 Å². The Bertz CT molecular complexity index is 1260. The number of rotatable bonds is 6. The van der Waals surface area contributed by atoms with Gasteiger partial charge in [0, 0.05) is 32.4 Å². The van der Waals surface area contributed by atoms with Crippen molar-refractivity contribution in [2.45, 2.75) is 22.5 Å². The fraction of sp³-hybridized carbons (Fsp3) is 0.304. The zero-order chi connectivity index (χ0) is 26.3. The number of hydrogen-bond acceptors (Lipinski definition) is 6. The number of benzene rings is 2. The van der Waals surface area contributed by atoms with Gasteiger partial charge in [0.1, 0.15) is 6.54 Å². The van der Waals surface area contributed by atoms with Crippen molar-refractivity contribution in [2.24, 2.45) is 11.8 Å². The average molecular weight is 662 g/mol. The molecule has 0 N–H and O–H groups in total. The van der Waals surface area contributed by atoms with Gasteiger partial charge in [-0.3, -0.25) is 29.3 Å². The normalized spacial score (nSPS) is 23.4. The third-order valence-corrected chi connectivity index (χ3v) is 9.48. The lowest BCUT2D eigenvalue weighted by Gasteiger charge is -2.30. The van der Waals surface area contributed by atoms with Crippen molar-refractivity contribution in [3.05, 3.63) is 73.8 Å². The Hall–Kier alpha value is -2.34. The number of carbonyl (C=O) groups excluding carboxylic acids is 4. The number of imide groups is 1. The van der Waals surface area contributed by atoms with Crippen molar-refractivity contribution in [1.29, 1.82) is 0 Å². The third-order valence-electron chi connectivity index (χ3n) is 6.20. The van der Waals surface area contributed by atoms with Gasteiger partial charge in [-0.15, -0.1) is 0 Å². The minimum Gasteiger partial charge on any atom is -0.292 e. The lowest BCUT2D eigenvalue weighted by molar-refractivity contribution is -0.384. The first-order valence-corrected chi connectivity index (χ1v) is 13.3. The molecule has 0 radical (unpaired) electrons. The highest BCUT2D eigenvalue weighted by Crippen LogP contribution is 2.44. The Morgan fingerprint density at radius 3 is 2.19 bits per heavy atom. The first-order valence-electron chi connectivity index (χ1n) is 10.7. The number of fused-ring (bicyclic) bond motifs is 1. The zero-order valence-corrected chi connectivity index (χ0v) is 23.0. The minimum absolute atomic E-state index is 0.0298. The summed E-state index contributed by atoms with van der Waals surface area (Å²) in [5.74, 6) is -4.09. The summed E-state index contributed by atoms with van der Waals surface area (Å²) in [5.41, 5.74) is -0.438. The van der Waals surface area contributed by atoms with Crippen LogP contribution < -0.4 is 0 Å². The number of nitro benzene ring substituents is 1. The Balaban J connectivity index is 1.73. The molecule has 2 aromatic carbocycles. The van der Waals surface area contributed by atoms with E-state index < -0.39 is 46.8 Å². The van der Waals surface area contributed by atoms with Crippen LogP contribution >= 0.6 is 55.1 Å². The molecule has 36 heavy (non-hydrogen) atoms. The van der Waals surface area contributed by atoms with Gasteiger partial charge in [0.15, 0.2) is 5.78 Å². The van der Waals surface area contributed by atoms with Gasteiger partial charge in [0.2, 0.25) is 0 Å². The second kappa shape index (κ2) is 10.6. The number of ketones is 1. The van der Waals surface area contributed by atoms with E-state index in [4.69, 9.17) is 23.2 Å². The quantitative estimate of drug-likeness (QED) is 0.140. The highest BCUT2D eigenvalue weighted by molar-refractivity contribution is 9.12. The fourth-order valence-electron chi connectivity index (χ4n) is 4.37. The van der Waals surface area contributed by atoms with Crippen LogP contribution in [-0.2, 0) is 9.59 Å². The third kappa shape index (κ3) is 5.06. The van der Waals surface area contributed by atoms with E-state index in [1.807, 2.05) is 0 Å². The molecule has 3 amide bonds. The van der Waals surface area contributed by atoms with Crippen LogP contribution in [0.4, 0.5) is 5.69 Å². The minimum atomic E-state index is -0.860. The van der Waals surface area contributed by atoms with E-state index in [0.717, 1.165) is 16.1 Å². The predicted molar refractivity (Wildman–Crippen MR) is 138 cm³/mol. The SMILES string of the molecule is O=C(CN(C(=O)c1ccc(Cl)cc1Cl)N1C(=O)[C@@H]2C[C@@H](Br)[C@@H](Br)C[C@H]2C1=O)c1cccc([N+](=O)[O-])c1. The van der Waals surface area contributed by atoms with Gasteiger partial charge < -0.3 is 0 Å². The van der Waals surface area contributed by atoms with Crippen molar-refractivity contribution in [2.75, 3.05) is 6.54 Å². The Morgan fingerprint density at radius 2 is 1.64 bits per heavy atom. The number of hydrogen-bond donors (Lipinski definition) is 0. The van der Waals surface area contributed by atoms with Gasteiger partial charge in [-0.2, -0.15) is 5.01 Å². The van der Waals surface area contributed by atoms with Crippen LogP contribution in [0.3, 0.4) is 0 Å². The van der Waals surface area contributed by atoms with Crippen LogP contribution in [0.2, 0.25) is 10.0 Å². The molecule has 1 saturated heterocycles. The molecule has 188 valence electrons. The molecule has 0 bridgehead atoms. The van der Waals surface area contributed by atoms with Gasteiger partial charge >= 0.3 is 0 Å². The Labute approximate surface area is 232 Å². The van der Waals surface area contributed by atoms with E-state index in [9.17, 15) is 29.3 Å². The molecule has 2 aromatic rings. The molecule has 0 unspecified atom stereocenters. The van der Waals surface area contributed by atoms with Gasteiger partial charge in [-0.1, -0.05) is 67.2 Å². The van der Waals surface area contributed by atoms with Gasteiger partial charge in [0.25, 0.3) is 23.4 Å². The molecule has 4 atom stereocenters. The van der Waals surface area contributed by atoms with E-state index in [1.165, 1.54) is 36.4 Å². The van der Waals surface area contributed by atoms with Gasteiger partial charge in [-0.05, 0) is 31.0 Å². The number of nitro groups is 1. The maximum absolute atomic E-state index is 13.6. The first-order chi connectivity index (χ1) is 17.0. The summed E-state index contributed by atoms with van der Waals surface area (Å²) in [7, 11) is 0. The van der Waals surface area contributed by atoms with Crippen LogP contribution in [0.15, 0.2) is 42.5 Å². The molecular formula is C23H17Br2Cl2N3O6. The van der Waals surface area contributed by atoms with E-state index in [1.54, 1.807) is 0 Å². The van der Waals surface area contributed by atoms with Crippen LogP contribution in [-0.4, -0.2) is 54.6 Å². The molecule has 1 heterocycles. The van der Waals surface area contributed by atoms with Crippen LogP contribution in [0.25, 0.3) is 0 Å². The van der Waals surface area contributed by atoms with Crippen molar-refractivity contribution in [3.8, 4) is 0 Å². The molecule has 1 aliphatic carbocycles. The lowest BCUT2D eigenvalue weighted by atomic mass is 9.81. The number of non-ortho nitro benzene ring substituents is 1. The lowest BCUT2D eigenvalue weighted by Crippen LogP contribution is -2.52. The van der Waals surface area contributed by atoms with Crippen molar-refractivity contribution < 1.29 is 24.1 Å². The topological polar surface area (TPSA) is 118 Å². The number of Topliss-reactive ketones (excluding diaryl/α,β-unsaturated/α-hetero) is 1. The summed E-state index contributed by atoms with van der Waals surface area (Å²) in [4.78, 5) is 63.9. The Kier molecular flexibility index (Phi) is 7.84. The zero-order valence-electron chi connectivity index (χ0n) is 18.3. The number of hydrazine groups is 1. The van der Waals surface area contributed by atoms with Crippen LogP contribution in [0.5, 0.6) is 0 Å². The molecule has 9 nitrogen and oxygen atoms in total. The fourth-order valence-corrected chi connectivity index (χ4v) is 6.10. The summed E-state index contributed by atoms with van der Waals surface area (Å²) < 4.78 is 0. The maximum Gasteiger partial charge on any atom is 0.274 e. The second-order valence-electron chi connectivity index (χ2n) is 8.42. The maximum atomic E-state index is 13.6. The number of alkyl halides is 2. The van der Waals surface area contributed by atoms with E-state index in [2.05, 4.69) is 31.9 Å². The smallest absolute Gasteiger partial charge is 0.274 e. The molecule has 2 aliphatic rings. The van der Waals surface area contributed by atoms with Gasteiger partial charge in [-0.25, -0.2) is 5.01 Å². The molecular weight excluding hydrogens is 645 g/mol. The Morgan fingerprint density at radius 1 is 1.03 bits per heavy atom. The average Bonchev–Trinajstić information content (AvgIpc) is 3.06. The number of carbonyl (C=O) groups is 4. The van der Waals surface area contributed by atoms with Crippen molar-refractivity contribution in [1.82, 2.24) is 10.0 Å². The molecule has 0 spiro atoms. The van der Waals surface area contributed by atoms with Crippen molar-refractivity contribution >= 4 is 84.3 Å². The molecule has 2 fully saturated rings. The summed E-state index contributed by atoms with van der Waals surface area (Å²) in [6, 6.07) is 9.05. The monoisotopic (exact) mass is 659 g/mol. The molecule has 1 aliphatic heterocycles. The summed E-state index contributed by atoms with van der Waals surface area (Å²) in [5, 5.41) is 12.9. The first kappa shape index (κ1) is 26.7. The largest absolute Gasteiger partial charge is 0.292 e.